The van der Waals surface area contributed by atoms with Crippen molar-refractivity contribution in [1.29, 1.82) is 0 Å². The van der Waals surface area contributed by atoms with Gasteiger partial charge in [-0.2, -0.15) is 0 Å². The highest BCUT2D eigenvalue weighted by atomic mass is 15.0. The number of aromatic nitrogens is 2. The third-order valence-electron chi connectivity index (χ3n) is 2.89. The van der Waals surface area contributed by atoms with Crippen LogP contribution in [0.2, 0.25) is 0 Å². The van der Waals surface area contributed by atoms with Gasteiger partial charge in [0.1, 0.15) is 11.6 Å². The van der Waals surface area contributed by atoms with Crippen LogP contribution >= 0.6 is 0 Å². The molecule has 1 aliphatic rings. The van der Waals surface area contributed by atoms with Crippen molar-refractivity contribution in [3.05, 3.63) is 46.9 Å². The maximum Gasteiger partial charge on any atom is 0.141 e. The first-order valence-electron chi connectivity index (χ1n) is 5.63. The Morgan fingerprint density at radius 2 is 1.82 bits per heavy atom. The minimum atomic E-state index is 0.793. The van der Waals surface area contributed by atoms with Crippen LogP contribution < -0.4 is 5.32 Å². The van der Waals surface area contributed by atoms with Gasteiger partial charge >= 0.3 is 0 Å². The average molecular weight is 223 g/mol. The highest BCUT2D eigenvalue weighted by Crippen LogP contribution is 2.29. The molecule has 3 rings (SSSR count). The molecular formula is C14H13N3. The fourth-order valence-electron chi connectivity index (χ4n) is 2.07. The molecule has 0 atom stereocenters. The van der Waals surface area contributed by atoms with Crippen LogP contribution in [0.3, 0.4) is 0 Å². The van der Waals surface area contributed by atoms with Crippen LogP contribution in [-0.2, 0) is 0 Å². The molecule has 0 bridgehead atoms. The molecule has 2 aromatic rings. The van der Waals surface area contributed by atoms with Gasteiger partial charge in [-0.05, 0) is 31.6 Å². The first kappa shape index (κ1) is 10.0. The summed E-state index contributed by atoms with van der Waals surface area (Å²) in [5.74, 6) is 1.68. The molecule has 0 spiro atoms. The van der Waals surface area contributed by atoms with E-state index in [2.05, 4.69) is 39.6 Å². The lowest BCUT2D eigenvalue weighted by Gasteiger charge is -2.10. The van der Waals surface area contributed by atoms with Crippen molar-refractivity contribution in [2.45, 2.75) is 13.8 Å². The Kier molecular flexibility index (Phi) is 2.18. The molecule has 0 fully saturated rings. The molecule has 0 unspecified atom stereocenters. The number of fused-ring (bicyclic) bond motifs is 2. The van der Waals surface area contributed by atoms with E-state index in [4.69, 9.17) is 0 Å². The van der Waals surface area contributed by atoms with Crippen LogP contribution in [0, 0.1) is 13.8 Å². The quantitative estimate of drug-likeness (QED) is 0.635. The molecule has 17 heavy (non-hydrogen) atoms. The molecule has 0 radical (unpaired) electrons. The Morgan fingerprint density at radius 1 is 1.00 bits per heavy atom. The Morgan fingerprint density at radius 3 is 2.71 bits per heavy atom. The summed E-state index contributed by atoms with van der Waals surface area (Å²) in [7, 11) is 0. The predicted octanol–water partition coefficient (Wildman–Crippen LogP) is 3.32. The van der Waals surface area contributed by atoms with Gasteiger partial charge in [-0.3, -0.25) is 0 Å². The van der Waals surface area contributed by atoms with E-state index < -0.39 is 0 Å². The smallest absolute Gasteiger partial charge is 0.141 e. The zero-order valence-corrected chi connectivity index (χ0v) is 9.86. The Balaban J connectivity index is 2.22. The predicted molar refractivity (Wildman–Crippen MR) is 70.2 cm³/mol. The molecule has 1 N–H and O–H groups in total. The number of para-hydroxylation sites is 1. The molecular weight excluding hydrogens is 210 g/mol. The van der Waals surface area contributed by atoms with Crippen molar-refractivity contribution in [2.75, 3.05) is 5.32 Å². The second-order valence-electron chi connectivity index (χ2n) is 4.16. The van der Waals surface area contributed by atoms with E-state index in [9.17, 15) is 0 Å². The van der Waals surface area contributed by atoms with Gasteiger partial charge in [0.2, 0.25) is 0 Å². The Bertz CT molecular complexity index is 615. The maximum absolute atomic E-state index is 4.46. The summed E-state index contributed by atoms with van der Waals surface area (Å²) >= 11 is 0. The second kappa shape index (κ2) is 3.70. The zero-order valence-electron chi connectivity index (χ0n) is 9.86. The van der Waals surface area contributed by atoms with E-state index >= 15 is 0 Å². The van der Waals surface area contributed by atoms with Gasteiger partial charge in [-0.15, -0.1) is 0 Å². The first-order chi connectivity index (χ1) is 8.24. The van der Waals surface area contributed by atoms with Crippen molar-refractivity contribution in [3.8, 4) is 0 Å². The van der Waals surface area contributed by atoms with Crippen LogP contribution in [0.5, 0.6) is 0 Å². The number of nitrogens with zero attached hydrogens (tertiary/aromatic N) is 2. The molecule has 0 saturated carbocycles. The third kappa shape index (κ3) is 1.69. The molecule has 0 amide bonds. The van der Waals surface area contributed by atoms with Crippen molar-refractivity contribution < 1.29 is 0 Å². The number of hydrogen-bond acceptors (Lipinski definition) is 3. The van der Waals surface area contributed by atoms with E-state index in [1.807, 2.05) is 26.0 Å². The van der Waals surface area contributed by atoms with Gasteiger partial charge in [0.25, 0.3) is 0 Å². The van der Waals surface area contributed by atoms with Crippen LogP contribution in [-0.4, -0.2) is 9.97 Å². The lowest BCUT2D eigenvalue weighted by Crippen LogP contribution is -2.02. The summed E-state index contributed by atoms with van der Waals surface area (Å²) in [5.41, 5.74) is 4.32. The van der Waals surface area contributed by atoms with Crippen molar-refractivity contribution in [1.82, 2.24) is 9.97 Å². The Labute approximate surface area is 100 Å². The summed E-state index contributed by atoms with van der Waals surface area (Å²) < 4.78 is 0. The maximum atomic E-state index is 4.46. The molecule has 2 heterocycles. The Hall–Kier alpha value is -2.16. The van der Waals surface area contributed by atoms with Crippen molar-refractivity contribution >= 4 is 23.7 Å². The fraction of sp³-hybridized carbons (Fsp3) is 0.143. The normalized spacial score (nSPS) is 12.4. The van der Waals surface area contributed by atoms with Gasteiger partial charge in [0.15, 0.2) is 0 Å². The van der Waals surface area contributed by atoms with Crippen LogP contribution in [0.25, 0.3) is 12.2 Å². The molecule has 1 aliphatic heterocycles. The van der Waals surface area contributed by atoms with Gasteiger partial charge in [0.05, 0.1) is 5.69 Å². The van der Waals surface area contributed by atoms with E-state index in [-0.39, 0.29) is 0 Å². The topological polar surface area (TPSA) is 37.8 Å². The van der Waals surface area contributed by atoms with Gasteiger partial charge in [-0.1, -0.05) is 24.3 Å². The standard InChI is InChI=1S/C14H13N3/c1-9-12-8-7-11-5-3-4-6-13(11)17-14(12)16-10(2)15-9/h3-8H,1-2H3,(H,15,16,17). The number of anilines is 2. The molecule has 84 valence electrons. The summed E-state index contributed by atoms with van der Waals surface area (Å²) in [6, 6.07) is 8.19. The second-order valence-corrected chi connectivity index (χ2v) is 4.16. The highest BCUT2D eigenvalue weighted by Gasteiger charge is 2.12. The van der Waals surface area contributed by atoms with E-state index in [1.54, 1.807) is 0 Å². The minimum absolute atomic E-state index is 0.793. The summed E-state index contributed by atoms with van der Waals surface area (Å²) in [5, 5.41) is 3.37. The van der Waals surface area contributed by atoms with Crippen molar-refractivity contribution in [2.24, 2.45) is 0 Å². The number of hydrogen-bond donors (Lipinski definition) is 1. The minimum Gasteiger partial charge on any atom is -0.339 e. The molecule has 1 aromatic heterocycles. The molecule has 1 aromatic carbocycles. The van der Waals surface area contributed by atoms with E-state index in [0.717, 1.165) is 28.6 Å². The van der Waals surface area contributed by atoms with E-state index in [0.29, 0.717) is 0 Å². The lowest BCUT2D eigenvalue weighted by molar-refractivity contribution is 1.01. The van der Waals surface area contributed by atoms with Gasteiger partial charge in [-0.25, -0.2) is 9.97 Å². The summed E-state index contributed by atoms with van der Waals surface area (Å²) in [4.78, 5) is 8.85. The molecule has 0 saturated heterocycles. The molecule has 0 aliphatic carbocycles. The van der Waals surface area contributed by atoms with Crippen molar-refractivity contribution in [3.63, 3.8) is 0 Å². The number of benzene rings is 1. The van der Waals surface area contributed by atoms with Crippen LogP contribution in [0.15, 0.2) is 24.3 Å². The number of aryl methyl sites for hydroxylation is 2. The zero-order chi connectivity index (χ0) is 11.8. The monoisotopic (exact) mass is 223 g/mol. The number of nitrogens with one attached hydrogen (secondary N) is 1. The molecule has 3 nitrogen and oxygen atoms in total. The first-order valence-corrected chi connectivity index (χ1v) is 5.63. The van der Waals surface area contributed by atoms with Crippen LogP contribution in [0.1, 0.15) is 22.6 Å². The largest absolute Gasteiger partial charge is 0.339 e. The fourth-order valence-corrected chi connectivity index (χ4v) is 2.07. The highest BCUT2D eigenvalue weighted by molar-refractivity contribution is 5.86. The summed E-state index contributed by atoms with van der Waals surface area (Å²) in [6.07, 6.45) is 4.17. The molecule has 3 heteroatoms. The SMILES string of the molecule is Cc1nc(C)c2c(n1)Nc1ccccc1C=C2. The van der Waals surface area contributed by atoms with Gasteiger partial charge in [0, 0.05) is 11.3 Å². The number of rotatable bonds is 0. The third-order valence-corrected chi connectivity index (χ3v) is 2.89. The summed E-state index contributed by atoms with van der Waals surface area (Å²) in [6.45, 7) is 3.92. The average Bonchev–Trinajstić information content (AvgIpc) is 2.47. The van der Waals surface area contributed by atoms with Crippen LogP contribution in [0.4, 0.5) is 11.5 Å². The van der Waals surface area contributed by atoms with Gasteiger partial charge < -0.3 is 5.32 Å². The van der Waals surface area contributed by atoms with E-state index in [1.165, 1.54) is 5.56 Å². The lowest BCUT2D eigenvalue weighted by atomic mass is 10.1.